The third-order valence-corrected chi connectivity index (χ3v) is 2.10. The molecule has 0 saturated heterocycles. The third kappa shape index (κ3) is 1.47. The predicted molar refractivity (Wildman–Crippen MR) is 56.5 cm³/mol. The van der Waals surface area contributed by atoms with E-state index in [4.69, 9.17) is 5.84 Å². The minimum Gasteiger partial charge on any atom is -0.309 e. The fourth-order valence-corrected chi connectivity index (χ4v) is 1.35. The summed E-state index contributed by atoms with van der Waals surface area (Å²) >= 11 is 0. The molecule has 4 heteroatoms. The number of hydrogen-bond acceptors (Lipinski definition) is 3. The van der Waals surface area contributed by atoms with Crippen LogP contribution in [0.5, 0.6) is 0 Å². The zero-order valence-electron chi connectivity index (χ0n) is 7.94. The first kappa shape index (κ1) is 8.77. The molecule has 14 heavy (non-hydrogen) atoms. The van der Waals surface area contributed by atoms with Crippen LogP contribution < -0.4 is 11.3 Å². The van der Waals surface area contributed by atoms with E-state index in [0.717, 1.165) is 17.1 Å². The summed E-state index contributed by atoms with van der Waals surface area (Å²) in [6.45, 7) is 0. The lowest BCUT2D eigenvalue weighted by Gasteiger charge is -1.95. The lowest BCUT2D eigenvalue weighted by molar-refractivity contribution is 0.775. The summed E-state index contributed by atoms with van der Waals surface area (Å²) in [7, 11) is 1.85. The molecular formula is C10H12N4. The zero-order valence-corrected chi connectivity index (χ0v) is 7.94. The monoisotopic (exact) mass is 188 g/mol. The van der Waals surface area contributed by atoms with Gasteiger partial charge in [0, 0.05) is 18.7 Å². The van der Waals surface area contributed by atoms with Crippen molar-refractivity contribution in [2.45, 2.75) is 0 Å². The van der Waals surface area contributed by atoms with Crippen LogP contribution in [0.2, 0.25) is 0 Å². The largest absolute Gasteiger partial charge is 0.309 e. The highest BCUT2D eigenvalue weighted by Gasteiger charge is 2.04. The molecule has 0 aliphatic rings. The Kier molecular flexibility index (Phi) is 2.20. The van der Waals surface area contributed by atoms with Gasteiger partial charge in [-0.1, -0.05) is 30.3 Å². The van der Waals surface area contributed by atoms with Crippen LogP contribution in [0.25, 0.3) is 11.3 Å². The molecular weight excluding hydrogens is 176 g/mol. The average Bonchev–Trinajstić information content (AvgIpc) is 2.61. The van der Waals surface area contributed by atoms with Gasteiger partial charge in [0.25, 0.3) is 0 Å². The van der Waals surface area contributed by atoms with Crippen molar-refractivity contribution in [2.75, 3.05) is 5.43 Å². The van der Waals surface area contributed by atoms with E-state index in [1.807, 2.05) is 43.4 Å². The third-order valence-electron chi connectivity index (χ3n) is 2.10. The van der Waals surface area contributed by atoms with Crippen LogP contribution in [-0.2, 0) is 7.05 Å². The second-order valence-corrected chi connectivity index (χ2v) is 3.05. The van der Waals surface area contributed by atoms with Crippen molar-refractivity contribution in [3.8, 4) is 11.3 Å². The molecule has 1 heterocycles. The molecule has 1 aromatic heterocycles. The van der Waals surface area contributed by atoms with E-state index in [9.17, 15) is 0 Å². The molecule has 0 spiro atoms. The first-order chi connectivity index (χ1) is 6.81. The summed E-state index contributed by atoms with van der Waals surface area (Å²) in [6, 6.07) is 11.9. The van der Waals surface area contributed by atoms with Crippen molar-refractivity contribution in [1.82, 2.24) is 9.78 Å². The van der Waals surface area contributed by atoms with E-state index in [-0.39, 0.29) is 0 Å². The normalized spacial score (nSPS) is 10.1. The van der Waals surface area contributed by atoms with Gasteiger partial charge in [-0.15, -0.1) is 0 Å². The summed E-state index contributed by atoms with van der Waals surface area (Å²) in [4.78, 5) is 0. The quantitative estimate of drug-likeness (QED) is 0.553. The smallest absolute Gasteiger partial charge is 0.138 e. The van der Waals surface area contributed by atoms with Gasteiger partial charge >= 0.3 is 0 Å². The standard InChI is InChI=1S/C10H12N4/c1-14-10(12-11)7-9(13-14)8-5-3-2-4-6-8/h2-7,12H,11H2,1H3. The van der Waals surface area contributed by atoms with Crippen LogP contribution in [0, 0.1) is 0 Å². The Morgan fingerprint density at radius 2 is 2.00 bits per heavy atom. The first-order valence-electron chi connectivity index (χ1n) is 4.37. The van der Waals surface area contributed by atoms with E-state index in [1.165, 1.54) is 0 Å². The Bertz CT molecular complexity index is 419. The minimum atomic E-state index is 0.795. The van der Waals surface area contributed by atoms with Gasteiger partial charge in [0.1, 0.15) is 5.82 Å². The molecule has 2 rings (SSSR count). The van der Waals surface area contributed by atoms with E-state index >= 15 is 0 Å². The molecule has 0 saturated carbocycles. The highest BCUT2D eigenvalue weighted by Crippen LogP contribution is 2.19. The maximum absolute atomic E-state index is 5.33. The number of aryl methyl sites for hydroxylation is 1. The maximum atomic E-state index is 5.33. The van der Waals surface area contributed by atoms with Crippen LogP contribution >= 0.6 is 0 Å². The molecule has 0 fully saturated rings. The van der Waals surface area contributed by atoms with Crippen LogP contribution in [0.1, 0.15) is 0 Å². The van der Waals surface area contributed by atoms with Crippen molar-refractivity contribution in [3.63, 3.8) is 0 Å². The summed E-state index contributed by atoms with van der Waals surface area (Å²) in [5.41, 5.74) is 4.59. The van der Waals surface area contributed by atoms with Gasteiger partial charge in [-0.2, -0.15) is 5.10 Å². The van der Waals surface area contributed by atoms with Crippen LogP contribution in [0.15, 0.2) is 36.4 Å². The van der Waals surface area contributed by atoms with Gasteiger partial charge in [-0.3, -0.25) is 4.68 Å². The molecule has 0 amide bonds. The van der Waals surface area contributed by atoms with E-state index in [1.54, 1.807) is 4.68 Å². The molecule has 3 N–H and O–H groups in total. The van der Waals surface area contributed by atoms with Crippen molar-refractivity contribution >= 4 is 5.82 Å². The number of hydrazine groups is 1. The highest BCUT2D eigenvalue weighted by molar-refractivity contribution is 5.62. The molecule has 0 unspecified atom stereocenters. The Hall–Kier alpha value is -1.81. The molecule has 0 radical (unpaired) electrons. The molecule has 0 aliphatic carbocycles. The predicted octanol–water partition coefficient (Wildman–Crippen LogP) is 1.37. The van der Waals surface area contributed by atoms with Crippen LogP contribution in [0.3, 0.4) is 0 Å². The van der Waals surface area contributed by atoms with E-state index in [0.29, 0.717) is 0 Å². The van der Waals surface area contributed by atoms with Crippen LogP contribution in [0.4, 0.5) is 5.82 Å². The second-order valence-electron chi connectivity index (χ2n) is 3.05. The summed E-state index contributed by atoms with van der Waals surface area (Å²) < 4.78 is 1.71. The molecule has 2 aromatic rings. The SMILES string of the molecule is Cn1nc(-c2ccccc2)cc1NN. The lowest BCUT2D eigenvalue weighted by Crippen LogP contribution is -2.10. The highest BCUT2D eigenvalue weighted by atomic mass is 15.4. The number of benzene rings is 1. The molecule has 4 nitrogen and oxygen atoms in total. The van der Waals surface area contributed by atoms with Crippen molar-refractivity contribution in [2.24, 2.45) is 12.9 Å². The summed E-state index contributed by atoms with van der Waals surface area (Å²) in [6.07, 6.45) is 0. The number of aromatic nitrogens is 2. The van der Waals surface area contributed by atoms with E-state index < -0.39 is 0 Å². The minimum absolute atomic E-state index is 0.795. The Labute approximate surface area is 82.3 Å². The topological polar surface area (TPSA) is 55.9 Å². The summed E-state index contributed by atoms with van der Waals surface area (Å²) in [5.74, 6) is 6.13. The number of anilines is 1. The van der Waals surface area contributed by atoms with E-state index in [2.05, 4.69) is 10.5 Å². The fourth-order valence-electron chi connectivity index (χ4n) is 1.35. The Balaban J connectivity index is 2.43. The summed E-state index contributed by atoms with van der Waals surface area (Å²) in [5, 5.41) is 4.33. The average molecular weight is 188 g/mol. The number of nitrogens with two attached hydrogens (primary N) is 1. The van der Waals surface area contributed by atoms with Gasteiger partial charge in [-0.05, 0) is 0 Å². The number of nitrogens with one attached hydrogen (secondary N) is 1. The first-order valence-corrected chi connectivity index (χ1v) is 4.37. The number of nitrogens with zero attached hydrogens (tertiary/aromatic N) is 2. The van der Waals surface area contributed by atoms with Gasteiger partial charge < -0.3 is 5.43 Å². The van der Waals surface area contributed by atoms with Crippen LogP contribution in [-0.4, -0.2) is 9.78 Å². The van der Waals surface area contributed by atoms with Crippen molar-refractivity contribution < 1.29 is 0 Å². The molecule has 0 atom stereocenters. The number of hydrogen-bond donors (Lipinski definition) is 2. The maximum Gasteiger partial charge on any atom is 0.138 e. The van der Waals surface area contributed by atoms with Crippen molar-refractivity contribution in [3.05, 3.63) is 36.4 Å². The number of nitrogen functional groups attached to an aromatic ring is 1. The molecule has 0 aliphatic heterocycles. The zero-order chi connectivity index (χ0) is 9.97. The second kappa shape index (κ2) is 3.51. The van der Waals surface area contributed by atoms with Gasteiger partial charge in [0.2, 0.25) is 0 Å². The van der Waals surface area contributed by atoms with Gasteiger partial charge in [0.05, 0.1) is 5.69 Å². The Morgan fingerprint density at radius 3 is 2.57 bits per heavy atom. The van der Waals surface area contributed by atoms with Gasteiger partial charge in [-0.25, -0.2) is 5.84 Å². The lowest BCUT2D eigenvalue weighted by atomic mass is 10.2. The van der Waals surface area contributed by atoms with Crippen molar-refractivity contribution in [1.29, 1.82) is 0 Å². The molecule has 0 bridgehead atoms. The number of rotatable bonds is 2. The Morgan fingerprint density at radius 1 is 1.29 bits per heavy atom. The fraction of sp³-hybridized carbons (Fsp3) is 0.100. The van der Waals surface area contributed by atoms with Gasteiger partial charge in [0.15, 0.2) is 0 Å². The molecule has 72 valence electrons. The molecule has 1 aromatic carbocycles.